The van der Waals surface area contributed by atoms with Gasteiger partial charge in [-0.15, -0.1) is 0 Å². The molecule has 8 heteroatoms. The molecule has 4 rings (SSSR count). The topological polar surface area (TPSA) is 74.3 Å². The van der Waals surface area contributed by atoms with E-state index in [4.69, 9.17) is 21.1 Å². The summed E-state index contributed by atoms with van der Waals surface area (Å²) in [6.07, 6.45) is 3.54. The summed E-state index contributed by atoms with van der Waals surface area (Å²) >= 11 is 5.97. The minimum atomic E-state index is -0.646. The zero-order chi connectivity index (χ0) is 19.5. The van der Waals surface area contributed by atoms with Gasteiger partial charge in [0.05, 0.1) is 19.8 Å². The summed E-state index contributed by atoms with van der Waals surface area (Å²) in [6, 6.07) is 7.58. The highest BCUT2D eigenvalue weighted by atomic mass is 35.5. The van der Waals surface area contributed by atoms with Crippen molar-refractivity contribution < 1.29 is 19.4 Å². The number of hydrogen-bond acceptors (Lipinski definition) is 6. The van der Waals surface area contributed by atoms with E-state index < -0.39 is 6.23 Å². The molecule has 2 atom stereocenters. The second-order valence-corrected chi connectivity index (χ2v) is 7.61. The second-order valence-electron chi connectivity index (χ2n) is 7.13. The lowest BCUT2D eigenvalue weighted by Crippen LogP contribution is -2.45. The van der Waals surface area contributed by atoms with Crippen LogP contribution in [0.3, 0.4) is 0 Å². The predicted octanol–water partition coefficient (Wildman–Crippen LogP) is 2.21. The molecule has 1 aromatic carbocycles. The number of rotatable bonds is 6. The molecule has 0 spiro atoms. The lowest BCUT2D eigenvalue weighted by molar-refractivity contribution is 0.00633. The predicted molar refractivity (Wildman–Crippen MR) is 108 cm³/mol. The van der Waals surface area contributed by atoms with Crippen LogP contribution in [0.2, 0.25) is 0 Å². The molecule has 150 valence electrons. The highest BCUT2D eigenvalue weighted by molar-refractivity contribution is 6.30. The fourth-order valence-electron chi connectivity index (χ4n) is 3.61. The Morgan fingerprint density at radius 2 is 2.00 bits per heavy atom. The summed E-state index contributed by atoms with van der Waals surface area (Å²) in [4.78, 5) is 15.8. The summed E-state index contributed by atoms with van der Waals surface area (Å²) in [6.45, 7) is 3.35. The molecule has 2 saturated heterocycles. The minimum absolute atomic E-state index is 0.196. The summed E-state index contributed by atoms with van der Waals surface area (Å²) in [7, 11) is 0. The lowest BCUT2D eigenvalue weighted by atomic mass is 10.2. The molecule has 0 radical (unpaired) electrons. The van der Waals surface area contributed by atoms with Gasteiger partial charge in [-0.1, -0.05) is 23.3 Å². The second kappa shape index (κ2) is 8.53. The first-order valence-corrected chi connectivity index (χ1v) is 9.83. The maximum atomic E-state index is 12.3. The van der Waals surface area contributed by atoms with Gasteiger partial charge in [-0.3, -0.25) is 4.90 Å². The number of aliphatic hydroxyl groups excluding tert-OH is 1. The van der Waals surface area contributed by atoms with Crippen LogP contribution in [0.5, 0.6) is 0 Å². The fourth-order valence-corrected chi connectivity index (χ4v) is 3.85. The van der Waals surface area contributed by atoms with E-state index in [9.17, 15) is 9.90 Å². The number of allylic oxidation sites excluding steroid dienone is 3. The van der Waals surface area contributed by atoms with E-state index in [1.54, 1.807) is 4.90 Å². The van der Waals surface area contributed by atoms with Gasteiger partial charge >= 0.3 is 6.09 Å². The van der Waals surface area contributed by atoms with Crippen molar-refractivity contribution in [3.8, 4) is 0 Å². The van der Waals surface area contributed by atoms with Crippen molar-refractivity contribution >= 4 is 29.1 Å². The summed E-state index contributed by atoms with van der Waals surface area (Å²) in [5, 5.41) is 14.2. The fraction of sp³-hybridized carbons (Fsp3) is 0.450. The maximum absolute atomic E-state index is 12.3. The Balaban J connectivity index is 1.30. The van der Waals surface area contributed by atoms with Crippen molar-refractivity contribution in [2.45, 2.75) is 18.8 Å². The smallest absolute Gasteiger partial charge is 0.414 e. The van der Waals surface area contributed by atoms with Gasteiger partial charge in [0.1, 0.15) is 6.10 Å². The maximum Gasteiger partial charge on any atom is 0.414 e. The molecule has 1 aliphatic carbocycles. The summed E-state index contributed by atoms with van der Waals surface area (Å²) in [5.41, 5.74) is 2.92. The van der Waals surface area contributed by atoms with Gasteiger partial charge in [0, 0.05) is 42.5 Å². The molecule has 1 amide bonds. The average molecular weight is 406 g/mol. The van der Waals surface area contributed by atoms with E-state index >= 15 is 0 Å². The van der Waals surface area contributed by atoms with Crippen molar-refractivity contribution in [3.63, 3.8) is 0 Å². The molecule has 2 fully saturated rings. The molecule has 2 heterocycles. The van der Waals surface area contributed by atoms with E-state index in [0.717, 1.165) is 29.4 Å². The third-order valence-corrected chi connectivity index (χ3v) is 5.35. The first-order chi connectivity index (χ1) is 13.6. The molecule has 1 unspecified atom stereocenters. The van der Waals surface area contributed by atoms with Crippen LogP contribution < -0.4 is 15.1 Å². The molecule has 7 nitrogen and oxygen atoms in total. The van der Waals surface area contributed by atoms with Gasteiger partial charge in [0.25, 0.3) is 0 Å². The summed E-state index contributed by atoms with van der Waals surface area (Å²) in [5.74, 6) is 0. The lowest BCUT2D eigenvalue weighted by Gasteiger charge is -2.34. The first-order valence-electron chi connectivity index (χ1n) is 9.45. The van der Waals surface area contributed by atoms with E-state index in [0.29, 0.717) is 32.8 Å². The number of nitrogens with zero attached hydrogens (tertiary/aromatic N) is 2. The monoisotopic (exact) mass is 405 g/mol. The number of ether oxygens (including phenoxy) is 2. The van der Waals surface area contributed by atoms with Crippen molar-refractivity contribution in [2.24, 2.45) is 0 Å². The SMILES string of the molecule is O=C1O[C@@H](CNCC2=CC=C(Cl)C2)CN1c1ccc(N2CCOCC2O)cc1. The number of cyclic esters (lactones) is 1. The first kappa shape index (κ1) is 19.3. The Hall–Kier alpha value is -2.06. The third-order valence-electron chi connectivity index (χ3n) is 5.09. The zero-order valence-corrected chi connectivity index (χ0v) is 16.3. The molecule has 3 aliphatic rings. The Morgan fingerprint density at radius 3 is 2.71 bits per heavy atom. The molecule has 0 saturated carbocycles. The molecule has 28 heavy (non-hydrogen) atoms. The number of hydrogen-bond donors (Lipinski definition) is 2. The number of carbonyl (C=O) groups excluding carboxylic acids is 1. The quantitative estimate of drug-likeness (QED) is 0.756. The van der Waals surface area contributed by atoms with Crippen LogP contribution in [-0.2, 0) is 9.47 Å². The molecule has 2 N–H and O–H groups in total. The average Bonchev–Trinajstić information content (AvgIpc) is 3.28. The molecular weight excluding hydrogens is 382 g/mol. The molecule has 0 aromatic heterocycles. The molecular formula is C20H24ClN3O4. The molecule has 1 aromatic rings. The largest absolute Gasteiger partial charge is 0.443 e. The van der Waals surface area contributed by atoms with Gasteiger partial charge < -0.3 is 24.8 Å². The van der Waals surface area contributed by atoms with Crippen LogP contribution in [-0.4, -0.2) is 62.9 Å². The molecule has 2 aliphatic heterocycles. The number of benzene rings is 1. The number of aliphatic hydroxyl groups is 1. The van der Waals surface area contributed by atoms with Crippen molar-refractivity contribution in [3.05, 3.63) is 47.0 Å². The van der Waals surface area contributed by atoms with Gasteiger partial charge in [-0.2, -0.15) is 0 Å². The van der Waals surface area contributed by atoms with Crippen LogP contribution in [0, 0.1) is 0 Å². The van der Waals surface area contributed by atoms with Gasteiger partial charge in [0.2, 0.25) is 0 Å². The van der Waals surface area contributed by atoms with E-state index in [-0.39, 0.29) is 12.2 Å². The number of anilines is 2. The summed E-state index contributed by atoms with van der Waals surface area (Å²) < 4.78 is 10.7. The van der Waals surface area contributed by atoms with Crippen molar-refractivity contribution in [2.75, 3.05) is 49.2 Å². The minimum Gasteiger partial charge on any atom is -0.443 e. The van der Waals surface area contributed by atoms with E-state index in [1.165, 1.54) is 5.57 Å². The van der Waals surface area contributed by atoms with E-state index in [1.807, 2.05) is 41.3 Å². The van der Waals surface area contributed by atoms with Gasteiger partial charge in [-0.05, 0) is 30.3 Å². The van der Waals surface area contributed by atoms with Crippen LogP contribution in [0.25, 0.3) is 0 Å². The van der Waals surface area contributed by atoms with Crippen LogP contribution >= 0.6 is 11.6 Å². The number of carbonyl (C=O) groups is 1. The Kier molecular flexibility index (Phi) is 5.87. The van der Waals surface area contributed by atoms with Gasteiger partial charge in [0.15, 0.2) is 6.23 Å². The normalized spacial score (nSPS) is 25.0. The van der Waals surface area contributed by atoms with Crippen molar-refractivity contribution in [1.29, 1.82) is 0 Å². The molecule has 0 bridgehead atoms. The number of amides is 1. The third kappa shape index (κ3) is 4.33. The van der Waals surface area contributed by atoms with E-state index in [2.05, 4.69) is 5.32 Å². The number of nitrogens with one attached hydrogen (secondary N) is 1. The Labute approximate surface area is 169 Å². The standard InChI is InChI=1S/C20H24ClN3O4/c21-15-2-1-14(9-15)10-22-11-18-12-24(20(26)28-18)17-5-3-16(4-6-17)23-7-8-27-13-19(23)25/h1-6,18-19,22,25H,7-13H2/t18-,19?/m0/s1. The van der Waals surface area contributed by atoms with Crippen molar-refractivity contribution in [1.82, 2.24) is 5.32 Å². The van der Waals surface area contributed by atoms with Crippen LogP contribution in [0.1, 0.15) is 6.42 Å². The number of morpholine rings is 1. The zero-order valence-electron chi connectivity index (χ0n) is 15.5. The van der Waals surface area contributed by atoms with Crippen LogP contribution in [0.4, 0.5) is 16.2 Å². The van der Waals surface area contributed by atoms with Crippen LogP contribution in [0.15, 0.2) is 47.0 Å². The number of halogens is 1. The highest BCUT2D eigenvalue weighted by Crippen LogP contribution is 2.26. The highest BCUT2D eigenvalue weighted by Gasteiger charge is 2.32. The Morgan fingerprint density at radius 1 is 1.21 bits per heavy atom. The Bertz CT molecular complexity index is 780. The van der Waals surface area contributed by atoms with Gasteiger partial charge in [-0.25, -0.2) is 4.79 Å².